The van der Waals surface area contributed by atoms with Crippen molar-refractivity contribution in [3.8, 4) is 11.5 Å². The highest BCUT2D eigenvalue weighted by Crippen LogP contribution is 2.34. The molecule has 0 aromatic heterocycles. The first kappa shape index (κ1) is 17.3. The van der Waals surface area contributed by atoms with Crippen molar-refractivity contribution in [1.82, 2.24) is 5.32 Å². The maximum absolute atomic E-state index is 11.6. The number of hydrogen-bond acceptors (Lipinski definition) is 5. The van der Waals surface area contributed by atoms with Crippen LogP contribution in [0.25, 0.3) is 0 Å². The minimum atomic E-state index is -0.495. The molecule has 5 nitrogen and oxygen atoms in total. The summed E-state index contributed by atoms with van der Waals surface area (Å²) in [6, 6.07) is 5.17. The first-order chi connectivity index (χ1) is 9.83. The SMILES string of the molecule is CNC(COc1ccc(OC)cc1C(C)(C)C)C(=O)OC. The van der Waals surface area contributed by atoms with E-state index in [2.05, 4.69) is 26.1 Å². The molecule has 1 unspecified atom stereocenters. The minimum Gasteiger partial charge on any atom is -0.497 e. The summed E-state index contributed by atoms with van der Waals surface area (Å²) in [6.07, 6.45) is 0. The second kappa shape index (κ2) is 7.31. The fourth-order valence-electron chi connectivity index (χ4n) is 1.93. The largest absolute Gasteiger partial charge is 0.497 e. The summed E-state index contributed by atoms with van der Waals surface area (Å²) in [5.74, 6) is 1.18. The summed E-state index contributed by atoms with van der Waals surface area (Å²) in [5.41, 5.74) is 0.936. The topological polar surface area (TPSA) is 56.8 Å². The van der Waals surface area contributed by atoms with Gasteiger partial charge in [-0.1, -0.05) is 20.8 Å². The zero-order valence-electron chi connectivity index (χ0n) is 13.6. The van der Waals surface area contributed by atoms with Crippen LogP contribution in [0.2, 0.25) is 0 Å². The molecule has 0 saturated carbocycles. The van der Waals surface area contributed by atoms with Gasteiger partial charge >= 0.3 is 5.97 Å². The number of rotatable bonds is 6. The number of carbonyl (C=O) groups excluding carboxylic acids is 1. The standard InChI is InChI=1S/C16H25NO4/c1-16(2,3)12-9-11(19-5)7-8-14(12)21-10-13(17-4)15(18)20-6/h7-9,13,17H,10H2,1-6H3. The molecule has 1 aromatic carbocycles. The van der Waals surface area contributed by atoms with Crippen LogP contribution in [0.3, 0.4) is 0 Å². The number of hydrogen-bond donors (Lipinski definition) is 1. The summed E-state index contributed by atoms with van der Waals surface area (Å²) >= 11 is 0. The Morgan fingerprint density at radius 3 is 2.43 bits per heavy atom. The highest BCUT2D eigenvalue weighted by molar-refractivity contribution is 5.75. The second-order valence-corrected chi connectivity index (χ2v) is 5.79. The van der Waals surface area contributed by atoms with E-state index >= 15 is 0 Å². The van der Waals surface area contributed by atoms with Crippen LogP contribution >= 0.6 is 0 Å². The van der Waals surface area contributed by atoms with Gasteiger partial charge in [-0.15, -0.1) is 0 Å². The monoisotopic (exact) mass is 295 g/mol. The molecule has 118 valence electrons. The van der Waals surface area contributed by atoms with Crippen LogP contribution in [0.4, 0.5) is 0 Å². The van der Waals surface area contributed by atoms with Crippen LogP contribution in [-0.2, 0) is 14.9 Å². The zero-order chi connectivity index (χ0) is 16.0. The molecule has 0 heterocycles. The molecular weight excluding hydrogens is 270 g/mol. The van der Waals surface area contributed by atoms with E-state index in [-0.39, 0.29) is 18.0 Å². The van der Waals surface area contributed by atoms with E-state index < -0.39 is 6.04 Å². The predicted molar refractivity (Wildman–Crippen MR) is 82.1 cm³/mol. The van der Waals surface area contributed by atoms with Crippen LogP contribution < -0.4 is 14.8 Å². The van der Waals surface area contributed by atoms with Gasteiger partial charge in [0.15, 0.2) is 0 Å². The predicted octanol–water partition coefficient (Wildman–Crippen LogP) is 2.13. The Kier molecular flexibility index (Phi) is 6.03. The Morgan fingerprint density at radius 1 is 1.29 bits per heavy atom. The fourth-order valence-corrected chi connectivity index (χ4v) is 1.93. The number of carbonyl (C=O) groups is 1. The Balaban J connectivity index is 2.95. The minimum absolute atomic E-state index is 0.0930. The third-order valence-electron chi connectivity index (χ3n) is 3.23. The van der Waals surface area contributed by atoms with Gasteiger partial charge in [-0.3, -0.25) is 4.79 Å². The van der Waals surface area contributed by atoms with E-state index in [0.29, 0.717) is 0 Å². The maximum atomic E-state index is 11.6. The van der Waals surface area contributed by atoms with Gasteiger partial charge in [-0.2, -0.15) is 0 Å². The summed E-state index contributed by atoms with van der Waals surface area (Å²) in [6.45, 7) is 6.51. The van der Waals surface area contributed by atoms with Crippen molar-refractivity contribution in [2.45, 2.75) is 32.2 Å². The Morgan fingerprint density at radius 2 is 1.95 bits per heavy atom. The lowest BCUT2D eigenvalue weighted by atomic mass is 9.86. The molecule has 0 amide bonds. The summed E-state index contributed by atoms with van der Waals surface area (Å²) < 4.78 is 15.8. The molecule has 0 saturated heterocycles. The molecule has 1 N–H and O–H groups in total. The number of ether oxygens (including phenoxy) is 3. The van der Waals surface area contributed by atoms with Gasteiger partial charge in [-0.25, -0.2) is 0 Å². The van der Waals surface area contributed by atoms with E-state index in [4.69, 9.17) is 14.2 Å². The molecule has 0 spiro atoms. The average Bonchev–Trinajstić information content (AvgIpc) is 2.46. The van der Waals surface area contributed by atoms with E-state index in [0.717, 1.165) is 17.1 Å². The molecular formula is C16H25NO4. The van der Waals surface area contributed by atoms with Gasteiger partial charge in [0.1, 0.15) is 24.1 Å². The smallest absolute Gasteiger partial charge is 0.326 e. The van der Waals surface area contributed by atoms with E-state index in [1.54, 1.807) is 14.2 Å². The number of esters is 1. The molecule has 5 heteroatoms. The molecule has 0 aliphatic carbocycles. The van der Waals surface area contributed by atoms with Crippen LogP contribution in [0.5, 0.6) is 11.5 Å². The Labute approximate surface area is 126 Å². The average molecular weight is 295 g/mol. The molecule has 0 radical (unpaired) electrons. The van der Waals surface area contributed by atoms with Gasteiger partial charge in [0.05, 0.1) is 14.2 Å². The van der Waals surface area contributed by atoms with Crippen LogP contribution in [0, 0.1) is 0 Å². The quantitative estimate of drug-likeness (QED) is 0.815. The lowest BCUT2D eigenvalue weighted by molar-refractivity contribution is -0.143. The van der Waals surface area contributed by atoms with Crippen molar-refractivity contribution in [2.24, 2.45) is 0 Å². The van der Waals surface area contributed by atoms with Crippen LogP contribution in [0.1, 0.15) is 26.3 Å². The van der Waals surface area contributed by atoms with Gasteiger partial charge in [0.2, 0.25) is 0 Å². The summed E-state index contributed by atoms with van der Waals surface area (Å²) in [7, 11) is 4.70. The van der Waals surface area contributed by atoms with Crippen molar-refractivity contribution >= 4 is 5.97 Å². The lowest BCUT2D eigenvalue weighted by Crippen LogP contribution is -2.40. The lowest BCUT2D eigenvalue weighted by Gasteiger charge is -2.24. The maximum Gasteiger partial charge on any atom is 0.326 e. The van der Waals surface area contributed by atoms with Crippen molar-refractivity contribution < 1.29 is 19.0 Å². The molecule has 0 bridgehead atoms. The molecule has 21 heavy (non-hydrogen) atoms. The number of benzene rings is 1. The Bertz CT molecular complexity index is 480. The molecule has 0 aliphatic heterocycles. The third kappa shape index (κ3) is 4.63. The fraction of sp³-hybridized carbons (Fsp3) is 0.562. The van der Waals surface area contributed by atoms with Crippen molar-refractivity contribution in [3.63, 3.8) is 0 Å². The Hall–Kier alpha value is -1.75. The van der Waals surface area contributed by atoms with E-state index in [1.165, 1.54) is 7.11 Å². The van der Waals surface area contributed by atoms with Gasteiger partial charge in [0.25, 0.3) is 0 Å². The van der Waals surface area contributed by atoms with Crippen molar-refractivity contribution in [3.05, 3.63) is 23.8 Å². The highest BCUT2D eigenvalue weighted by Gasteiger charge is 2.22. The number of likely N-dealkylation sites (N-methyl/N-ethyl adjacent to an activating group) is 1. The second-order valence-electron chi connectivity index (χ2n) is 5.79. The first-order valence-electron chi connectivity index (χ1n) is 6.90. The van der Waals surface area contributed by atoms with Gasteiger partial charge in [0, 0.05) is 5.56 Å². The first-order valence-corrected chi connectivity index (χ1v) is 6.90. The number of methoxy groups -OCH3 is 2. The summed E-state index contributed by atoms with van der Waals surface area (Å²) in [5, 5.41) is 2.88. The molecule has 1 rings (SSSR count). The van der Waals surface area contributed by atoms with Crippen LogP contribution in [-0.4, -0.2) is 39.9 Å². The molecule has 1 atom stereocenters. The molecule has 1 aromatic rings. The van der Waals surface area contributed by atoms with Crippen LogP contribution in [0.15, 0.2) is 18.2 Å². The normalized spacial score (nSPS) is 12.7. The van der Waals surface area contributed by atoms with Crippen molar-refractivity contribution in [2.75, 3.05) is 27.9 Å². The van der Waals surface area contributed by atoms with Gasteiger partial charge < -0.3 is 19.5 Å². The zero-order valence-corrected chi connectivity index (χ0v) is 13.6. The molecule has 0 aliphatic rings. The van der Waals surface area contributed by atoms with E-state index in [9.17, 15) is 4.79 Å². The molecule has 0 fully saturated rings. The van der Waals surface area contributed by atoms with E-state index in [1.807, 2.05) is 18.2 Å². The number of nitrogens with one attached hydrogen (secondary N) is 1. The highest BCUT2D eigenvalue weighted by atomic mass is 16.5. The summed E-state index contributed by atoms with van der Waals surface area (Å²) in [4.78, 5) is 11.6. The van der Waals surface area contributed by atoms with Crippen molar-refractivity contribution in [1.29, 1.82) is 0 Å². The van der Waals surface area contributed by atoms with Gasteiger partial charge in [-0.05, 0) is 30.7 Å². The third-order valence-corrected chi connectivity index (χ3v) is 3.23.